The van der Waals surface area contributed by atoms with Crippen molar-refractivity contribution in [1.82, 2.24) is 10.2 Å². The molecule has 3 aromatic carbocycles. The molecule has 39 heavy (non-hydrogen) atoms. The first-order chi connectivity index (χ1) is 18.5. The van der Waals surface area contributed by atoms with Crippen LogP contribution in [-0.2, 0) is 17.9 Å². The number of nitrogens with zero attached hydrogens (tertiary/aromatic N) is 1. The minimum atomic E-state index is -0.906. The number of nitrogens with one attached hydrogen (secondary N) is 2. The third-order valence-corrected chi connectivity index (χ3v) is 5.35. The van der Waals surface area contributed by atoms with Gasteiger partial charge in [0.15, 0.2) is 11.5 Å². The summed E-state index contributed by atoms with van der Waals surface area (Å²) in [4.78, 5) is 26.5. The van der Waals surface area contributed by atoms with Crippen molar-refractivity contribution in [2.75, 3.05) is 25.5 Å². The van der Waals surface area contributed by atoms with Crippen LogP contribution in [0.25, 0.3) is 0 Å². The molecule has 3 rings (SSSR count). The highest BCUT2D eigenvalue weighted by molar-refractivity contribution is 5.89. The fourth-order valence-corrected chi connectivity index (χ4v) is 3.53. The number of rotatable bonds is 10. The van der Waals surface area contributed by atoms with Crippen LogP contribution in [0.5, 0.6) is 11.5 Å². The molecule has 0 saturated heterocycles. The van der Waals surface area contributed by atoms with Gasteiger partial charge >= 0.3 is 12.1 Å². The molecule has 2 N–H and O–H groups in total. The molecule has 0 aromatic heterocycles. The quantitative estimate of drug-likeness (QED) is 0.323. The summed E-state index contributed by atoms with van der Waals surface area (Å²) in [6, 6.07) is 17.2. The molecule has 10 heteroatoms. The van der Waals surface area contributed by atoms with E-state index < -0.39 is 29.4 Å². The van der Waals surface area contributed by atoms with Gasteiger partial charge in [0.25, 0.3) is 0 Å². The zero-order chi connectivity index (χ0) is 28.4. The second-order valence-corrected chi connectivity index (χ2v) is 9.66. The van der Waals surface area contributed by atoms with Gasteiger partial charge in [0.2, 0.25) is 0 Å². The average molecular weight is 542 g/mol. The largest absolute Gasteiger partial charge is 0.493 e. The first-order valence-electron chi connectivity index (χ1n) is 12.4. The Morgan fingerprint density at radius 3 is 2.33 bits per heavy atom. The molecule has 3 amide bonds. The molecule has 0 aliphatic rings. The smallest absolute Gasteiger partial charge is 0.407 e. The second kappa shape index (κ2) is 13.5. The van der Waals surface area contributed by atoms with E-state index in [0.717, 1.165) is 17.7 Å². The van der Waals surface area contributed by atoms with E-state index in [1.807, 2.05) is 30.3 Å². The number of carbonyl (C=O) groups excluding carboxylic acids is 2. The minimum Gasteiger partial charge on any atom is -0.493 e. The van der Waals surface area contributed by atoms with Gasteiger partial charge in [-0.2, -0.15) is 0 Å². The number of hydrogen-bond acceptors (Lipinski definition) is 5. The topological polar surface area (TPSA) is 89.1 Å². The van der Waals surface area contributed by atoms with Crippen molar-refractivity contribution in [3.8, 4) is 11.5 Å². The molecule has 208 valence electrons. The van der Waals surface area contributed by atoms with Crippen molar-refractivity contribution in [1.29, 1.82) is 0 Å². The Morgan fingerprint density at radius 2 is 1.67 bits per heavy atom. The Labute approximate surface area is 226 Å². The van der Waals surface area contributed by atoms with Gasteiger partial charge < -0.3 is 29.7 Å². The predicted molar refractivity (Wildman–Crippen MR) is 144 cm³/mol. The van der Waals surface area contributed by atoms with Crippen molar-refractivity contribution in [3.05, 3.63) is 89.5 Å². The number of amides is 3. The van der Waals surface area contributed by atoms with Gasteiger partial charge in [-0.1, -0.05) is 36.4 Å². The average Bonchev–Trinajstić information content (AvgIpc) is 2.88. The van der Waals surface area contributed by atoms with Crippen molar-refractivity contribution >= 4 is 17.8 Å². The van der Waals surface area contributed by atoms with Gasteiger partial charge in [0.05, 0.1) is 12.8 Å². The lowest BCUT2D eigenvalue weighted by Crippen LogP contribution is -2.41. The summed E-state index contributed by atoms with van der Waals surface area (Å²) in [7, 11) is 1.51. The lowest BCUT2D eigenvalue weighted by atomic mass is 10.2. The molecule has 0 bridgehead atoms. The van der Waals surface area contributed by atoms with E-state index in [0.29, 0.717) is 29.7 Å². The van der Waals surface area contributed by atoms with Crippen LogP contribution in [0, 0.1) is 11.6 Å². The number of carbonyl (C=O) groups is 2. The van der Waals surface area contributed by atoms with E-state index in [1.165, 1.54) is 12.0 Å². The van der Waals surface area contributed by atoms with Crippen LogP contribution in [0.1, 0.15) is 31.9 Å². The number of ether oxygens (including phenoxy) is 3. The summed E-state index contributed by atoms with van der Waals surface area (Å²) in [5.41, 5.74) is 0.846. The van der Waals surface area contributed by atoms with E-state index >= 15 is 0 Å². The zero-order valence-electron chi connectivity index (χ0n) is 22.4. The Bertz CT molecular complexity index is 1270. The SMILES string of the molecule is COc1cc(CN(CCNC(=O)OC(C)(C)C)C(=O)Nc2ccc(F)cc2F)ccc1OCc1ccccc1. The third kappa shape index (κ3) is 9.48. The molecule has 0 radical (unpaired) electrons. The highest BCUT2D eigenvalue weighted by Crippen LogP contribution is 2.29. The number of methoxy groups -OCH3 is 1. The maximum Gasteiger partial charge on any atom is 0.407 e. The van der Waals surface area contributed by atoms with E-state index in [9.17, 15) is 18.4 Å². The molecule has 0 spiro atoms. The summed E-state index contributed by atoms with van der Waals surface area (Å²) in [5, 5.41) is 5.06. The van der Waals surface area contributed by atoms with Crippen molar-refractivity contribution in [2.45, 2.75) is 39.5 Å². The Hall–Kier alpha value is -4.34. The normalized spacial score (nSPS) is 10.9. The van der Waals surface area contributed by atoms with Gasteiger partial charge in [-0.25, -0.2) is 18.4 Å². The van der Waals surface area contributed by atoms with Crippen LogP contribution < -0.4 is 20.1 Å². The Morgan fingerprint density at radius 1 is 0.923 bits per heavy atom. The molecule has 0 fully saturated rings. The molecule has 0 atom stereocenters. The Balaban J connectivity index is 1.73. The van der Waals surface area contributed by atoms with Crippen molar-refractivity contribution in [3.63, 3.8) is 0 Å². The second-order valence-electron chi connectivity index (χ2n) is 9.66. The van der Waals surface area contributed by atoms with Crippen LogP contribution in [0.3, 0.4) is 0 Å². The zero-order valence-corrected chi connectivity index (χ0v) is 22.4. The molecule has 0 heterocycles. The molecule has 3 aromatic rings. The number of benzene rings is 3. The molecular weight excluding hydrogens is 508 g/mol. The Kier molecular flexibility index (Phi) is 10.1. The van der Waals surface area contributed by atoms with Gasteiger partial charge in [-0.05, 0) is 56.2 Å². The summed E-state index contributed by atoms with van der Waals surface area (Å²) in [5.74, 6) is -0.663. The standard InChI is InChI=1S/C29H33F2N3O5/c1-29(2,3)39-28(36)32-14-15-34(27(35)33-24-12-11-22(30)17-23(24)31)18-21-10-13-25(26(16-21)37-4)38-19-20-8-6-5-7-9-20/h5-13,16-17H,14-15,18-19H2,1-4H3,(H,32,36)(H,33,35). The summed E-state index contributed by atoms with van der Waals surface area (Å²) in [6.07, 6.45) is -0.631. The summed E-state index contributed by atoms with van der Waals surface area (Å²) < 4.78 is 44.1. The first kappa shape index (κ1) is 29.2. The van der Waals surface area contributed by atoms with Crippen LogP contribution in [-0.4, -0.2) is 42.8 Å². The van der Waals surface area contributed by atoms with Crippen molar-refractivity contribution in [2.24, 2.45) is 0 Å². The molecule has 8 nitrogen and oxygen atoms in total. The van der Waals surface area contributed by atoms with Gasteiger partial charge in [0.1, 0.15) is 23.8 Å². The molecule has 0 saturated carbocycles. The molecule has 0 unspecified atom stereocenters. The first-order valence-corrected chi connectivity index (χ1v) is 12.4. The van der Waals surface area contributed by atoms with Crippen LogP contribution in [0.4, 0.5) is 24.1 Å². The number of anilines is 1. The van der Waals surface area contributed by atoms with Gasteiger partial charge in [0, 0.05) is 25.7 Å². The number of halogens is 2. The molecular formula is C29H33F2N3O5. The number of urea groups is 1. The molecule has 0 aliphatic heterocycles. The summed E-state index contributed by atoms with van der Waals surface area (Å²) in [6.45, 7) is 5.81. The van der Waals surface area contributed by atoms with Gasteiger partial charge in [-0.15, -0.1) is 0 Å². The predicted octanol–water partition coefficient (Wildman–Crippen LogP) is 6.11. The number of alkyl carbamates (subject to hydrolysis) is 1. The highest BCUT2D eigenvalue weighted by atomic mass is 19.1. The lowest BCUT2D eigenvalue weighted by Gasteiger charge is -2.25. The van der Waals surface area contributed by atoms with Crippen molar-refractivity contribution < 1.29 is 32.6 Å². The lowest BCUT2D eigenvalue weighted by molar-refractivity contribution is 0.0523. The van der Waals surface area contributed by atoms with E-state index in [1.54, 1.807) is 39.0 Å². The van der Waals surface area contributed by atoms with Crippen LogP contribution >= 0.6 is 0 Å². The monoisotopic (exact) mass is 541 g/mol. The van der Waals surface area contributed by atoms with E-state index in [-0.39, 0.29) is 25.3 Å². The summed E-state index contributed by atoms with van der Waals surface area (Å²) >= 11 is 0. The maximum atomic E-state index is 14.2. The molecule has 0 aliphatic carbocycles. The minimum absolute atomic E-state index is 0.0719. The van der Waals surface area contributed by atoms with Crippen LogP contribution in [0.2, 0.25) is 0 Å². The third-order valence-electron chi connectivity index (χ3n) is 5.35. The fraction of sp³-hybridized carbons (Fsp3) is 0.310. The van der Waals surface area contributed by atoms with E-state index in [2.05, 4.69) is 10.6 Å². The van der Waals surface area contributed by atoms with E-state index in [4.69, 9.17) is 14.2 Å². The van der Waals surface area contributed by atoms with Crippen LogP contribution in [0.15, 0.2) is 66.7 Å². The highest BCUT2D eigenvalue weighted by Gasteiger charge is 2.19. The number of hydrogen-bond donors (Lipinski definition) is 2. The fourth-order valence-electron chi connectivity index (χ4n) is 3.53. The van der Waals surface area contributed by atoms with Gasteiger partial charge in [-0.3, -0.25) is 0 Å². The maximum absolute atomic E-state index is 14.2.